The van der Waals surface area contributed by atoms with Crippen molar-refractivity contribution in [1.29, 1.82) is 0 Å². The quantitative estimate of drug-likeness (QED) is 0.124. The van der Waals surface area contributed by atoms with E-state index in [0.29, 0.717) is 25.0 Å². The Kier molecular flexibility index (Phi) is 9.86. The highest BCUT2D eigenvalue weighted by atomic mass is 31.2. The molecule has 4 aromatic rings. The van der Waals surface area contributed by atoms with Gasteiger partial charge in [0, 0.05) is 11.8 Å². The normalized spacial score (nSPS) is 26.3. The lowest BCUT2D eigenvalue weighted by Gasteiger charge is -2.28. The maximum atomic E-state index is 14.4. The van der Waals surface area contributed by atoms with Gasteiger partial charge in [-0.15, -0.1) is 0 Å². The van der Waals surface area contributed by atoms with Gasteiger partial charge in [-0.05, 0) is 45.1 Å². The summed E-state index contributed by atoms with van der Waals surface area (Å²) in [6, 6.07) is 11.4. The number of aromatic nitrogens is 4. The van der Waals surface area contributed by atoms with Gasteiger partial charge in [0.1, 0.15) is 29.6 Å². The summed E-state index contributed by atoms with van der Waals surface area (Å²) in [6.45, 7) is 4.86. The van der Waals surface area contributed by atoms with E-state index in [1.54, 1.807) is 31.2 Å². The Morgan fingerprint density at radius 2 is 2.02 bits per heavy atom. The molecular formula is C31H39N6O10P. The van der Waals surface area contributed by atoms with E-state index >= 15 is 0 Å². The molecule has 4 heterocycles. The summed E-state index contributed by atoms with van der Waals surface area (Å²) in [4.78, 5) is 25.6. The summed E-state index contributed by atoms with van der Waals surface area (Å²) in [5.74, 6) is -0.430. The number of carbonyl (C=O) groups is 1. The third-order valence-electron chi connectivity index (χ3n) is 8.16. The molecular weight excluding hydrogens is 647 g/mol. The number of carbonyl (C=O) groups excluding carboxylic acids is 1. The zero-order valence-corrected chi connectivity index (χ0v) is 27.6. The second kappa shape index (κ2) is 13.9. The van der Waals surface area contributed by atoms with Gasteiger partial charge in [0.2, 0.25) is 18.1 Å². The zero-order chi connectivity index (χ0) is 34.1. The number of esters is 1. The molecule has 0 spiro atoms. The van der Waals surface area contributed by atoms with Gasteiger partial charge in [-0.25, -0.2) is 9.55 Å². The van der Waals surface area contributed by atoms with Crippen LogP contribution in [0.1, 0.15) is 46.3 Å². The minimum absolute atomic E-state index is 0.0916. The van der Waals surface area contributed by atoms with Gasteiger partial charge in [-0.3, -0.25) is 13.9 Å². The lowest BCUT2D eigenvalue weighted by atomic mass is 9.96. The summed E-state index contributed by atoms with van der Waals surface area (Å²) in [5, 5.41) is 26.8. The van der Waals surface area contributed by atoms with Gasteiger partial charge in [0.25, 0.3) is 0 Å². The van der Waals surface area contributed by atoms with Crippen LogP contribution >= 0.6 is 7.75 Å². The number of nitrogens with zero attached hydrogens (tertiary/aromatic N) is 4. The summed E-state index contributed by atoms with van der Waals surface area (Å²) >= 11 is 0. The first-order valence-corrected chi connectivity index (χ1v) is 17.2. The molecule has 2 saturated heterocycles. The molecule has 0 bridgehead atoms. The first-order chi connectivity index (χ1) is 23.0. The minimum Gasteiger partial charge on any atom is -0.476 e. The number of rotatable bonds is 12. The number of nitrogens with two attached hydrogens (primary N) is 1. The average Bonchev–Trinajstić information content (AvgIpc) is 3.57. The molecule has 258 valence electrons. The highest BCUT2D eigenvalue weighted by molar-refractivity contribution is 7.52. The molecule has 16 nitrogen and oxygen atoms in total. The first kappa shape index (κ1) is 34.0. The Labute approximate surface area is 276 Å². The van der Waals surface area contributed by atoms with E-state index in [1.165, 1.54) is 24.7 Å². The SMILES string of the molecule is CCOc1nc(N)nc2c1ncn2[C@@H]1O[C@H](COP(=O)(N[C@@H](C)C(=O)OC2CCCCO2)Oc2cccc3ccccc23)[C@@H](O)[C@@]1(C)O. The van der Waals surface area contributed by atoms with Crippen molar-refractivity contribution in [3.05, 3.63) is 48.8 Å². The van der Waals surface area contributed by atoms with Gasteiger partial charge in [0.05, 0.1) is 26.1 Å². The van der Waals surface area contributed by atoms with E-state index in [9.17, 15) is 19.6 Å². The molecule has 48 heavy (non-hydrogen) atoms. The van der Waals surface area contributed by atoms with Crippen LogP contribution in [0.5, 0.6) is 11.6 Å². The predicted octanol–water partition coefficient (Wildman–Crippen LogP) is 3.22. The van der Waals surface area contributed by atoms with Crippen LogP contribution < -0.4 is 20.1 Å². The van der Waals surface area contributed by atoms with Crippen LogP contribution in [-0.4, -0.2) is 85.7 Å². The maximum absolute atomic E-state index is 14.4. The Morgan fingerprint density at radius 1 is 1.23 bits per heavy atom. The molecule has 2 aromatic carbocycles. The highest BCUT2D eigenvalue weighted by Gasteiger charge is 2.54. The standard InChI is InChI=1S/C31H39N6O10P/c1-4-42-27-24-26(34-30(32)35-27)37(17-33-24)29-31(3,40)25(38)22(45-29)16-44-48(41,36-18(2)28(39)46-23-14-7-8-15-43-23)47-21-13-9-11-19-10-5-6-12-20(19)21/h5-6,9-13,17-18,22-23,25,29,38,40H,4,7-8,14-16H2,1-3H3,(H,36,41)(H2,32,34,35)/t18-,22+,23?,25+,29+,31+,48?/m0/s1. The van der Waals surface area contributed by atoms with Crippen molar-refractivity contribution in [3.8, 4) is 11.6 Å². The molecule has 7 atom stereocenters. The molecule has 2 aromatic heterocycles. The lowest BCUT2D eigenvalue weighted by Crippen LogP contribution is -2.44. The number of nitrogen functional groups attached to an aromatic ring is 1. The number of ether oxygens (including phenoxy) is 4. The molecule has 2 fully saturated rings. The van der Waals surface area contributed by atoms with E-state index in [1.807, 2.05) is 18.2 Å². The van der Waals surface area contributed by atoms with Gasteiger partial charge in [0.15, 0.2) is 17.4 Å². The van der Waals surface area contributed by atoms with E-state index < -0.39 is 56.7 Å². The van der Waals surface area contributed by atoms with Crippen LogP contribution in [-0.2, 0) is 28.1 Å². The predicted molar refractivity (Wildman–Crippen MR) is 172 cm³/mol. The van der Waals surface area contributed by atoms with Crippen LogP contribution in [0.4, 0.5) is 5.95 Å². The molecule has 0 saturated carbocycles. The Hall–Kier alpha value is -3.89. The molecule has 2 aliphatic rings. The van der Waals surface area contributed by atoms with Crippen LogP contribution in [0.2, 0.25) is 0 Å². The van der Waals surface area contributed by atoms with Gasteiger partial charge in [-0.2, -0.15) is 15.1 Å². The first-order valence-electron chi connectivity index (χ1n) is 15.7. The summed E-state index contributed by atoms with van der Waals surface area (Å²) in [5.41, 5.74) is 4.47. The molecule has 5 N–H and O–H groups in total. The van der Waals surface area contributed by atoms with Crippen molar-refractivity contribution in [2.24, 2.45) is 0 Å². The van der Waals surface area contributed by atoms with Crippen LogP contribution in [0.25, 0.3) is 21.9 Å². The van der Waals surface area contributed by atoms with Crippen molar-refractivity contribution in [2.45, 2.75) is 76.4 Å². The third-order valence-corrected chi connectivity index (χ3v) is 9.79. The average molecular weight is 687 g/mol. The number of aliphatic hydroxyl groups excluding tert-OH is 1. The third kappa shape index (κ3) is 6.96. The van der Waals surface area contributed by atoms with Gasteiger partial charge in [-0.1, -0.05) is 36.4 Å². The topological polar surface area (TPSA) is 212 Å². The Morgan fingerprint density at radius 3 is 2.79 bits per heavy atom. The second-order valence-electron chi connectivity index (χ2n) is 11.8. The fraction of sp³-hybridized carbons (Fsp3) is 0.484. The smallest absolute Gasteiger partial charge is 0.459 e. The molecule has 0 amide bonds. The fourth-order valence-corrected chi connectivity index (χ4v) is 7.21. The second-order valence-corrected chi connectivity index (χ2v) is 13.5. The zero-order valence-electron chi connectivity index (χ0n) is 26.7. The number of hydrogen-bond acceptors (Lipinski definition) is 14. The lowest BCUT2D eigenvalue weighted by molar-refractivity contribution is -0.188. The monoisotopic (exact) mass is 686 g/mol. The number of benzene rings is 2. The van der Waals surface area contributed by atoms with E-state index in [4.69, 9.17) is 33.7 Å². The summed E-state index contributed by atoms with van der Waals surface area (Å²) in [6.07, 6.45) is -1.07. The van der Waals surface area contributed by atoms with Crippen molar-refractivity contribution in [3.63, 3.8) is 0 Å². The van der Waals surface area contributed by atoms with E-state index in [0.717, 1.165) is 18.2 Å². The number of hydrogen-bond donors (Lipinski definition) is 4. The Balaban J connectivity index is 1.24. The van der Waals surface area contributed by atoms with Crippen LogP contribution in [0.15, 0.2) is 48.8 Å². The van der Waals surface area contributed by atoms with Gasteiger partial charge >= 0.3 is 13.7 Å². The number of anilines is 1. The molecule has 2 unspecified atom stereocenters. The van der Waals surface area contributed by atoms with E-state index in [-0.39, 0.29) is 28.7 Å². The van der Waals surface area contributed by atoms with E-state index in [2.05, 4.69) is 20.0 Å². The summed E-state index contributed by atoms with van der Waals surface area (Å²) < 4.78 is 50.3. The van der Waals surface area contributed by atoms with Crippen LogP contribution in [0, 0.1) is 0 Å². The van der Waals surface area contributed by atoms with Crippen molar-refractivity contribution in [2.75, 3.05) is 25.6 Å². The van der Waals surface area contributed by atoms with Crippen molar-refractivity contribution < 1.29 is 47.6 Å². The highest BCUT2D eigenvalue weighted by Crippen LogP contribution is 2.48. The number of nitrogens with one attached hydrogen (secondary N) is 1. The molecule has 0 radical (unpaired) electrons. The van der Waals surface area contributed by atoms with Crippen LogP contribution in [0.3, 0.4) is 0 Å². The molecule has 17 heteroatoms. The van der Waals surface area contributed by atoms with Crippen molar-refractivity contribution in [1.82, 2.24) is 24.6 Å². The number of aliphatic hydroxyl groups is 2. The number of imidazole rings is 1. The van der Waals surface area contributed by atoms with Crippen molar-refractivity contribution >= 4 is 41.6 Å². The molecule has 0 aliphatic carbocycles. The minimum atomic E-state index is -4.41. The Bertz CT molecular complexity index is 1810. The number of fused-ring (bicyclic) bond motifs is 2. The fourth-order valence-electron chi connectivity index (χ4n) is 5.69. The molecule has 6 rings (SSSR count). The molecule has 2 aliphatic heterocycles. The largest absolute Gasteiger partial charge is 0.476 e. The maximum Gasteiger partial charge on any atom is 0.459 e. The summed E-state index contributed by atoms with van der Waals surface area (Å²) in [7, 11) is -4.41. The van der Waals surface area contributed by atoms with Gasteiger partial charge < -0.3 is 39.4 Å².